The Balaban J connectivity index is 1.62. The first kappa shape index (κ1) is 15.3. The van der Waals surface area contributed by atoms with Crippen molar-refractivity contribution >= 4 is 11.6 Å². The molecule has 1 unspecified atom stereocenters. The van der Waals surface area contributed by atoms with Crippen LogP contribution in [0.25, 0.3) is 0 Å². The lowest BCUT2D eigenvalue weighted by Gasteiger charge is -2.42. The minimum Gasteiger partial charge on any atom is -0.366 e. The zero-order valence-electron chi connectivity index (χ0n) is 13.1. The first-order valence-corrected chi connectivity index (χ1v) is 8.14. The van der Waals surface area contributed by atoms with E-state index >= 15 is 0 Å². The van der Waals surface area contributed by atoms with Crippen molar-refractivity contribution in [1.82, 2.24) is 10.2 Å². The number of nitrogens with zero attached hydrogens (tertiary/aromatic N) is 2. The maximum absolute atomic E-state index is 13.8. The SMILES string of the molecule is CC1(C(=O)N2CCN(c3ccccc3F)CC2)CCCCN1. The van der Waals surface area contributed by atoms with Gasteiger partial charge in [0.15, 0.2) is 0 Å². The summed E-state index contributed by atoms with van der Waals surface area (Å²) in [5.41, 5.74) is 0.218. The largest absolute Gasteiger partial charge is 0.366 e. The smallest absolute Gasteiger partial charge is 0.242 e. The van der Waals surface area contributed by atoms with Crippen LogP contribution in [0.2, 0.25) is 0 Å². The zero-order valence-corrected chi connectivity index (χ0v) is 13.1. The molecule has 4 nitrogen and oxygen atoms in total. The minimum atomic E-state index is -0.418. The van der Waals surface area contributed by atoms with Crippen LogP contribution in [-0.4, -0.2) is 49.1 Å². The summed E-state index contributed by atoms with van der Waals surface area (Å²) >= 11 is 0. The standard InChI is InChI=1S/C17H24FN3O/c1-17(8-4-5-9-19-17)16(22)21-12-10-20(11-13-21)15-7-3-2-6-14(15)18/h2-3,6-7,19H,4-5,8-13H2,1H3. The Morgan fingerprint density at radius 1 is 1.18 bits per heavy atom. The van der Waals surface area contributed by atoms with Crippen LogP contribution in [-0.2, 0) is 4.79 Å². The van der Waals surface area contributed by atoms with Crippen molar-refractivity contribution in [2.24, 2.45) is 0 Å². The van der Waals surface area contributed by atoms with Gasteiger partial charge in [-0.25, -0.2) is 4.39 Å². The van der Waals surface area contributed by atoms with E-state index in [2.05, 4.69) is 5.32 Å². The molecule has 1 N–H and O–H groups in total. The first-order chi connectivity index (χ1) is 10.6. The lowest BCUT2D eigenvalue weighted by atomic mass is 9.89. The van der Waals surface area contributed by atoms with E-state index < -0.39 is 5.54 Å². The van der Waals surface area contributed by atoms with Crippen LogP contribution in [0.3, 0.4) is 0 Å². The normalized spacial score (nSPS) is 26.1. The molecule has 2 saturated heterocycles. The molecule has 0 aliphatic carbocycles. The number of amides is 1. The Morgan fingerprint density at radius 3 is 2.55 bits per heavy atom. The Morgan fingerprint density at radius 2 is 1.91 bits per heavy atom. The highest BCUT2D eigenvalue weighted by molar-refractivity contribution is 5.86. The maximum Gasteiger partial charge on any atom is 0.242 e. The molecule has 0 radical (unpaired) electrons. The molecule has 0 aromatic heterocycles. The summed E-state index contributed by atoms with van der Waals surface area (Å²) in [7, 11) is 0. The number of rotatable bonds is 2. The fourth-order valence-corrected chi connectivity index (χ4v) is 3.45. The first-order valence-electron chi connectivity index (χ1n) is 8.14. The Kier molecular flexibility index (Phi) is 4.34. The van der Waals surface area contributed by atoms with Crippen LogP contribution < -0.4 is 10.2 Å². The average Bonchev–Trinajstić information content (AvgIpc) is 2.55. The van der Waals surface area contributed by atoms with Gasteiger partial charge < -0.3 is 15.1 Å². The van der Waals surface area contributed by atoms with Crippen LogP contribution in [0.4, 0.5) is 10.1 Å². The summed E-state index contributed by atoms with van der Waals surface area (Å²) in [4.78, 5) is 16.7. The predicted octanol–water partition coefficient (Wildman–Crippen LogP) is 2.01. The van der Waals surface area contributed by atoms with Gasteiger partial charge in [-0.2, -0.15) is 0 Å². The highest BCUT2D eigenvalue weighted by Crippen LogP contribution is 2.24. The summed E-state index contributed by atoms with van der Waals surface area (Å²) < 4.78 is 13.8. The lowest BCUT2D eigenvalue weighted by Crippen LogP contribution is -2.61. The van der Waals surface area contributed by atoms with Gasteiger partial charge in [0.2, 0.25) is 5.91 Å². The molecule has 1 amide bonds. The highest BCUT2D eigenvalue weighted by Gasteiger charge is 2.38. The Bertz CT molecular complexity index is 534. The van der Waals surface area contributed by atoms with Crippen molar-refractivity contribution < 1.29 is 9.18 Å². The van der Waals surface area contributed by atoms with Gasteiger partial charge in [0, 0.05) is 26.2 Å². The third-order valence-electron chi connectivity index (χ3n) is 4.85. The Labute approximate surface area is 131 Å². The van der Waals surface area contributed by atoms with Crippen LogP contribution in [0, 0.1) is 5.82 Å². The highest BCUT2D eigenvalue weighted by atomic mass is 19.1. The van der Waals surface area contributed by atoms with Gasteiger partial charge in [-0.3, -0.25) is 4.79 Å². The van der Waals surface area contributed by atoms with E-state index in [9.17, 15) is 9.18 Å². The molecule has 3 rings (SSSR count). The van der Waals surface area contributed by atoms with E-state index in [4.69, 9.17) is 0 Å². The van der Waals surface area contributed by atoms with Crippen molar-refractivity contribution in [3.63, 3.8) is 0 Å². The van der Waals surface area contributed by atoms with E-state index in [-0.39, 0.29) is 11.7 Å². The lowest BCUT2D eigenvalue weighted by molar-refractivity contribution is -0.139. The fourth-order valence-electron chi connectivity index (χ4n) is 3.45. The molecular weight excluding hydrogens is 281 g/mol. The third kappa shape index (κ3) is 2.95. The molecule has 2 fully saturated rings. The molecule has 5 heteroatoms. The van der Waals surface area contributed by atoms with E-state index in [0.717, 1.165) is 25.8 Å². The number of hydrogen-bond donors (Lipinski definition) is 1. The maximum atomic E-state index is 13.8. The monoisotopic (exact) mass is 305 g/mol. The van der Waals surface area contributed by atoms with Crippen molar-refractivity contribution in [2.45, 2.75) is 31.7 Å². The summed E-state index contributed by atoms with van der Waals surface area (Å²) in [6.45, 7) is 5.61. The van der Waals surface area contributed by atoms with Gasteiger partial charge in [-0.05, 0) is 44.9 Å². The number of para-hydroxylation sites is 1. The second-order valence-electron chi connectivity index (χ2n) is 6.45. The van der Waals surface area contributed by atoms with Crippen LogP contribution in [0.5, 0.6) is 0 Å². The molecule has 0 bridgehead atoms. The molecule has 2 aliphatic heterocycles. The second kappa shape index (κ2) is 6.24. The van der Waals surface area contributed by atoms with Gasteiger partial charge in [0.05, 0.1) is 11.2 Å². The summed E-state index contributed by atoms with van der Waals surface area (Å²) in [5.74, 6) is 0.00330. The molecule has 2 heterocycles. The number of benzene rings is 1. The predicted molar refractivity (Wildman–Crippen MR) is 85.5 cm³/mol. The topological polar surface area (TPSA) is 35.6 Å². The van der Waals surface area contributed by atoms with Crippen LogP contribution in [0.15, 0.2) is 24.3 Å². The number of piperazine rings is 1. The van der Waals surface area contributed by atoms with Gasteiger partial charge in [-0.1, -0.05) is 12.1 Å². The summed E-state index contributed by atoms with van der Waals surface area (Å²) in [6, 6.07) is 6.84. The third-order valence-corrected chi connectivity index (χ3v) is 4.85. The number of hydrogen-bond acceptors (Lipinski definition) is 3. The van der Waals surface area contributed by atoms with Crippen LogP contribution in [0.1, 0.15) is 26.2 Å². The van der Waals surface area contributed by atoms with E-state index in [1.165, 1.54) is 6.07 Å². The van der Waals surface area contributed by atoms with Gasteiger partial charge >= 0.3 is 0 Å². The van der Waals surface area contributed by atoms with E-state index in [0.29, 0.717) is 31.9 Å². The number of carbonyl (C=O) groups excluding carboxylic acids is 1. The molecule has 0 saturated carbocycles. The van der Waals surface area contributed by atoms with Gasteiger partial charge in [0.1, 0.15) is 5.82 Å². The van der Waals surface area contributed by atoms with E-state index in [1.807, 2.05) is 22.8 Å². The number of carbonyl (C=O) groups is 1. The van der Waals surface area contributed by atoms with Crippen molar-refractivity contribution in [2.75, 3.05) is 37.6 Å². The average molecular weight is 305 g/mol. The number of halogens is 1. The molecule has 1 aromatic rings. The second-order valence-corrected chi connectivity index (χ2v) is 6.45. The molecule has 1 atom stereocenters. The fraction of sp³-hybridized carbons (Fsp3) is 0.588. The van der Waals surface area contributed by atoms with Crippen molar-refractivity contribution in [3.8, 4) is 0 Å². The van der Waals surface area contributed by atoms with Crippen LogP contribution >= 0.6 is 0 Å². The van der Waals surface area contributed by atoms with E-state index in [1.54, 1.807) is 12.1 Å². The molecule has 2 aliphatic rings. The van der Waals surface area contributed by atoms with Gasteiger partial charge in [0.25, 0.3) is 0 Å². The minimum absolute atomic E-state index is 0.191. The molecule has 120 valence electrons. The molecule has 1 aromatic carbocycles. The molecular formula is C17H24FN3O. The summed E-state index contributed by atoms with van der Waals surface area (Å²) in [6.07, 6.45) is 3.15. The number of piperidine rings is 1. The molecule has 0 spiro atoms. The number of nitrogens with one attached hydrogen (secondary N) is 1. The Hall–Kier alpha value is -1.62. The summed E-state index contributed by atoms with van der Waals surface area (Å²) in [5, 5.41) is 3.38. The van der Waals surface area contributed by atoms with Crippen molar-refractivity contribution in [1.29, 1.82) is 0 Å². The zero-order chi connectivity index (χ0) is 15.6. The number of anilines is 1. The molecule has 22 heavy (non-hydrogen) atoms. The van der Waals surface area contributed by atoms with Gasteiger partial charge in [-0.15, -0.1) is 0 Å². The quantitative estimate of drug-likeness (QED) is 0.908. The van der Waals surface area contributed by atoms with Crippen molar-refractivity contribution in [3.05, 3.63) is 30.1 Å².